The number of rotatable bonds is 3. The van der Waals surface area contributed by atoms with Gasteiger partial charge in [0.25, 0.3) is 0 Å². The molecular formula is C15H17F3N4. The van der Waals surface area contributed by atoms with Crippen molar-refractivity contribution in [2.75, 3.05) is 13.1 Å². The van der Waals surface area contributed by atoms with E-state index >= 15 is 0 Å². The predicted molar refractivity (Wildman–Crippen MR) is 75.5 cm³/mol. The van der Waals surface area contributed by atoms with E-state index in [2.05, 4.69) is 20.5 Å². The molecule has 3 rings (SSSR count). The van der Waals surface area contributed by atoms with E-state index in [0.29, 0.717) is 18.2 Å². The molecule has 1 unspecified atom stereocenters. The first-order valence-electron chi connectivity index (χ1n) is 7.30. The molecule has 0 bridgehead atoms. The average Bonchev–Trinajstić information content (AvgIpc) is 2.96. The molecule has 118 valence electrons. The highest BCUT2D eigenvalue weighted by molar-refractivity contribution is 5.26. The van der Waals surface area contributed by atoms with Crippen molar-refractivity contribution < 1.29 is 13.2 Å². The number of hydrogen-bond donors (Lipinski definition) is 2. The lowest BCUT2D eigenvalue weighted by atomic mass is 9.99. The van der Waals surface area contributed by atoms with Crippen molar-refractivity contribution in [3.05, 3.63) is 47.0 Å². The molecule has 1 aliphatic rings. The van der Waals surface area contributed by atoms with E-state index < -0.39 is 11.7 Å². The molecule has 4 nitrogen and oxygen atoms in total. The summed E-state index contributed by atoms with van der Waals surface area (Å²) in [6.45, 7) is 1.90. The minimum absolute atomic E-state index is 0.311. The summed E-state index contributed by atoms with van der Waals surface area (Å²) in [5.74, 6) is 1.78. The van der Waals surface area contributed by atoms with Crippen LogP contribution in [0.3, 0.4) is 0 Å². The summed E-state index contributed by atoms with van der Waals surface area (Å²) < 4.78 is 37.6. The lowest BCUT2D eigenvalue weighted by molar-refractivity contribution is -0.137. The standard InChI is InChI=1S/C15H17F3N4/c16-15(17,18)12-5-3-10(4-6-12)8-13-20-14(22-21-13)11-2-1-7-19-9-11/h3-6,11,19H,1-2,7-9H2,(H,20,21,22). The highest BCUT2D eigenvalue weighted by Gasteiger charge is 2.30. The molecular weight excluding hydrogens is 293 g/mol. The van der Waals surface area contributed by atoms with Gasteiger partial charge in [0.05, 0.1) is 5.56 Å². The molecule has 2 aromatic rings. The third-order valence-corrected chi connectivity index (χ3v) is 3.86. The fraction of sp³-hybridized carbons (Fsp3) is 0.467. The highest BCUT2D eigenvalue weighted by Crippen LogP contribution is 2.29. The molecule has 1 atom stereocenters. The van der Waals surface area contributed by atoms with E-state index in [-0.39, 0.29) is 0 Å². The van der Waals surface area contributed by atoms with E-state index in [1.807, 2.05) is 0 Å². The predicted octanol–water partition coefficient (Wildman–Crippen LogP) is 2.88. The lowest BCUT2D eigenvalue weighted by Gasteiger charge is -2.19. The number of benzene rings is 1. The number of halogens is 3. The molecule has 0 aliphatic carbocycles. The highest BCUT2D eigenvalue weighted by atomic mass is 19.4. The van der Waals surface area contributed by atoms with Crippen molar-refractivity contribution in [1.29, 1.82) is 0 Å². The molecule has 7 heteroatoms. The minimum Gasteiger partial charge on any atom is -0.316 e. The van der Waals surface area contributed by atoms with Gasteiger partial charge < -0.3 is 5.32 Å². The minimum atomic E-state index is -4.30. The van der Waals surface area contributed by atoms with Gasteiger partial charge in [-0.3, -0.25) is 5.10 Å². The zero-order valence-electron chi connectivity index (χ0n) is 12.0. The van der Waals surface area contributed by atoms with Gasteiger partial charge in [-0.25, -0.2) is 4.98 Å². The zero-order chi connectivity index (χ0) is 15.6. The van der Waals surface area contributed by atoms with Gasteiger partial charge in [0, 0.05) is 18.9 Å². The van der Waals surface area contributed by atoms with Crippen molar-refractivity contribution in [3.8, 4) is 0 Å². The average molecular weight is 310 g/mol. The molecule has 0 amide bonds. The van der Waals surface area contributed by atoms with Gasteiger partial charge in [-0.1, -0.05) is 12.1 Å². The van der Waals surface area contributed by atoms with Crippen molar-refractivity contribution in [3.63, 3.8) is 0 Å². The van der Waals surface area contributed by atoms with E-state index in [4.69, 9.17) is 0 Å². The van der Waals surface area contributed by atoms with Crippen LogP contribution in [0.4, 0.5) is 13.2 Å². The lowest BCUT2D eigenvalue weighted by Crippen LogP contribution is -2.28. The molecule has 0 saturated carbocycles. The van der Waals surface area contributed by atoms with Gasteiger partial charge in [-0.2, -0.15) is 18.3 Å². The first kappa shape index (κ1) is 15.0. The molecule has 2 heterocycles. The van der Waals surface area contributed by atoms with Crippen LogP contribution in [-0.2, 0) is 12.6 Å². The Hall–Kier alpha value is -1.89. The van der Waals surface area contributed by atoms with E-state index in [1.165, 1.54) is 12.1 Å². The normalized spacial score (nSPS) is 19.3. The molecule has 1 aromatic heterocycles. The van der Waals surface area contributed by atoms with Gasteiger partial charge >= 0.3 is 6.18 Å². The maximum absolute atomic E-state index is 12.5. The SMILES string of the molecule is FC(F)(F)c1ccc(Cc2nc(C3CCCNC3)n[nH]2)cc1. The number of aromatic nitrogens is 3. The number of H-pyrrole nitrogens is 1. The van der Waals surface area contributed by atoms with Crippen molar-refractivity contribution in [1.82, 2.24) is 20.5 Å². The van der Waals surface area contributed by atoms with E-state index in [9.17, 15) is 13.2 Å². The van der Waals surface area contributed by atoms with Crippen LogP contribution in [0.15, 0.2) is 24.3 Å². The van der Waals surface area contributed by atoms with Crippen molar-refractivity contribution >= 4 is 0 Å². The molecule has 0 radical (unpaired) electrons. The number of hydrogen-bond acceptors (Lipinski definition) is 3. The van der Waals surface area contributed by atoms with E-state index in [1.54, 1.807) is 0 Å². The van der Waals surface area contributed by atoms with Gasteiger partial charge in [-0.05, 0) is 37.1 Å². The van der Waals surface area contributed by atoms with Crippen LogP contribution in [0.25, 0.3) is 0 Å². The monoisotopic (exact) mass is 310 g/mol. The number of nitrogens with zero attached hydrogens (tertiary/aromatic N) is 2. The third-order valence-electron chi connectivity index (χ3n) is 3.86. The maximum Gasteiger partial charge on any atom is 0.416 e. The zero-order valence-corrected chi connectivity index (χ0v) is 12.0. The quantitative estimate of drug-likeness (QED) is 0.916. The second-order valence-corrected chi connectivity index (χ2v) is 5.56. The molecule has 1 aliphatic heterocycles. The van der Waals surface area contributed by atoms with Gasteiger partial charge in [0.15, 0.2) is 5.82 Å². The number of nitrogens with one attached hydrogen (secondary N) is 2. The second kappa shape index (κ2) is 6.08. The van der Waals surface area contributed by atoms with Gasteiger partial charge in [0.2, 0.25) is 0 Å². The van der Waals surface area contributed by atoms with Gasteiger partial charge in [-0.15, -0.1) is 0 Å². The Bertz CT molecular complexity index is 612. The second-order valence-electron chi connectivity index (χ2n) is 5.56. The Kier molecular flexibility index (Phi) is 4.15. The van der Waals surface area contributed by atoms with E-state index in [0.717, 1.165) is 49.5 Å². The number of alkyl halides is 3. The Balaban J connectivity index is 1.67. The van der Waals surface area contributed by atoms with Crippen LogP contribution in [0.2, 0.25) is 0 Å². The first-order chi connectivity index (χ1) is 10.5. The number of piperidine rings is 1. The summed E-state index contributed by atoms with van der Waals surface area (Å²) in [5, 5.41) is 10.4. The van der Waals surface area contributed by atoms with Gasteiger partial charge in [0.1, 0.15) is 5.82 Å². The molecule has 1 fully saturated rings. The summed E-state index contributed by atoms with van der Waals surface area (Å²) in [4.78, 5) is 4.47. The largest absolute Gasteiger partial charge is 0.416 e. The summed E-state index contributed by atoms with van der Waals surface area (Å²) >= 11 is 0. The smallest absolute Gasteiger partial charge is 0.316 e. The Morgan fingerprint density at radius 2 is 1.95 bits per heavy atom. The topological polar surface area (TPSA) is 53.6 Å². The molecule has 0 spiro atoms. The number of aromatic amines is 1. The van der Waals surface area contributed by atoms with Crippen LogP contribution in [0.1, 0.15) is 41.5 Å². The van der Waals surface area contributed by atoms with Crippen molar-refractivity contribution in [2.45, 2.75) is 31.4 Å². The third kappa shape index (κ3) is 3.47. The summed E-state index contributed by atoms with van der Waals surface area (Å²) in [7, 11) is 0. The molecule has 22 heavy (non-hydrogen) atoms. The summed E-state index contributed by atoms with van der Waals surface area (Å²) in [5.41, 5.74) is 0.139. The fourth-order valence-corrected chi connectivity index (χ4v) is 2.65. The summed E-state index contributed by atoms with van der Waals surface area (Å²) in [6.07, 6.45) is -1.69. The molecule has 1 aromatic carbocycles. The van der Waals surface area contributed by atoms with Crippen LogP contribution in [-0.4, -0.2) is 28.3 Å². The fourth-order valence-electron chi connectivity index (χ4n) is 2.65. The van der Waals surface area contributed by atoms with Crippen LogP contribution < -0.4 is 5.32 Å². The first-order valence-corrected chi connectivity index (χ1v) is 7.30. The summed E-state index contributed by atoms with van der Waals surface area (Å²) in [6, 6.07) is 5.15. The van der Waals surface area contributed by atoms with Crippen LogP contribution >= 0.6 is 0 Å². The Morgan fingerprint density at radius 3 is 2.59 bits per heavy atom. The molecule has 1 saturated heterocycles. The maximum atomic E-state index is 12.5. The van der Waals surface area contributed by atoms with Crippen LogP contribution in [0, 0.1) is 0 Å². The van der Waals surface area contributed by atoms with Crippen LogP contribution in [0.5, 0.6) is 0 Å². The van der Waals surface area contributed by atoms with Crippen molar-refractivity contribution in [2.24, 2.45) is 0 Å². The Morgan fingerprint density at radius 1 is 1.18 bits per heavy atom. The Labute approximate surface area is 126 Å². The molecule has 2 N–H and O–H groups in total.